The van der Waals surface area contributed by atoms with Crippen LogP contribution < -0.4 is 0 Å². The Hall–Kier alpha value is -2.17. The lowest BCUT2D eigenvalue weighted by Crippen LogP contribution is -2.51. The summed E-state index contributed by atoms with van der Waals surface area (Å²) in [7, 11) is 1.37. The van der Waals surface area contributed by atoms with Crippen molar-refractivity contribution in [3.05, 3.63) is 35.3 Å². The summed E-state index contributed by atoms with van der Waals surface area (Å²) < 4.78 is 10.4. The predicted molar refractivity (Wildman–Crippen MR) is 110 cm³/mol. The van der Waals surface area contributed by atoms with E-state index in [4.69, 9.17) is 9.47 Å². The second kappa shape index (κ2) is 7.58. The van der Waals surface area contributed by atoms with Crippen LogP contribution in [0.15, 0.2) is 35.3 Å². The number of carbonyl (C=O) groups is 3. The number of rotatable bonds is 4. The molecule has 3 aliphatic rings. The molecule has 0 bridgehead atoms. The molecule has 0 amide bonds. The van der Waals surface area contributed by atoms with Crippen LogP contribution in [0.2, 0.25) is 0 Å². The number of carbonyl (C=O) groups excluding carboxylic acids is 3. The fourth-order valence-electron chi connectivity index (χ4n) is 5.86. The van der Waals surface area contributed by atoms with Gasteiger partial charge in [-0.2, -0.15) is 0 Å². The monoisotopic (exact) mass is 400 g/mol. The number of fused-ring (bicyclic) bond motifs is 1. The van der Waals surface area contributed by atoms with Gasteiger partial charge in [0.2, 0.25) is 11.6 Å². The van der Waals surface area contributed by atoms with Crippen LogP contribution in [-0.4, -0.2) is 24.6 Å². The van der Waals surface area contributed by atoms with E-state index in [0.717, 1.165) is 38.2 Å². The zero-order chi connectivity index (χ0) is 21.6. The highest BCUT2D eigenvalue weighted by Crippen LogP contribution is 2.63. The normalized spacial score (nSPS) is 35.2. The van der Waals surface area contributed by atoms with Crippen molar-refractivity contribution in [2.45, 2.75) is 66.2 Å². The van der Waals surface area contributed by atoms with Crippen LogP contribution in [0.4, 0.5) is 0 Å². The van der Waals surface area contributed by atoms with E-state index in [2.05, 4.69) is 27.4 Å². The van der Waals surface area contributed by atoms with Crippen LogP contribution >= 0.6 is 0 Å². The first-order chi connectivity index (χ1) is 13.5. The fourth-order valence-corrected chi connectivity index (χ4v) is 5.86. The fraction of sp³-hybridized carbons (Fsp3) is 0.625. The minimum absolute atomic E-state index is 0.00350. The van der Waals surface area contributed by atoms with E-state index in [1.54, 1.807) is 0 Å². The van der Waals surface area contributed by atoms with E-state index in [1.807, 2.05) is 0 Å². The molecule has 0 spiro atoms. The van der Waals surface area contributed by atoms with Crippen molar-refractivity contribution >= 4 is 17.5 Å². The zero-order valence-electron chi connectivity index (χ0n) is 18.2. The Balaban J connectivity index is 2.07. The summed E-state index contributed by atoms with van der Waals surface area (Å²) >= 11 is 0. The topological polar surface area (TPSA) is 69.7 Å². The van der Waals surface area contributed by atoms with Gasteiger partial charge in [-0.1, -0.05) is 32.9 Å². The minimum Gasteiger partial charge on any atom is -0.493 e. The van der Waals surface area contributed by atoms with Crippen molar-refractivity contribution in [3.63, 3.8) is 0 Å². The third-order valence-electron chi connectivity index (χ3n) is 7.85. The van der Waals surface area contributed by atoms with Crippen LogP contribution in [-0.2, 0) is 23.9 Å². The molecular formula is C24H32O5. The van der Waals surface area contributed by atoms with Gasteiger partial charge in [0.15, 0.2) is 11.5 Å². The Morgan fingerprint density at radius 3 is 2.59 bits per heavy atom. The standard InChI is InChI=1S/C24H32O5/c1-14-8-7-9-20-23(14,4)11-10-15(2)24(20,5)13-17-21(27)19(28-6)12-18(26)22(17)29-16(3)25/h12,15,20H,1,7-11,13H2,2-6H3/t15-,20+,23-,24+/m0/s1. The van der Waals surface area contributed by atoms with E-state index < -0.39 is 11.8 Å². The van der Waals surface area contributed by atoms with Gasteiger partial charge in [-0.3, -0.25) is 14.4 Å². The van der Waals surface area contributed by atoms with Crippen LogP contribution in [0.25, 0.3) is 0 Å². The molecule has 0 unspecified atom stereocenters. The number of methoxy groups -OCH3 is 1. The lowest BCUT2D eigenvalue weighted by Gasteiger charge is -2.59. The van der Waals surface area contributed by atoms with Crippen molar-refractivity contribution in [2.24, 2.45) is 22.7 Å². The van der Waals surface area contributed by atoms with Crippen molar-refractivity contribution in [2.75, 3.05) is 7.11 Å². The van der Waals surface area contributed by atoms with Gasteiger partial charge in [-0.15, -0.1) is 0 Å². The summed E-state index contributed by atoms with van der Waals surface area (Å²) in [6.07, 6.45) is 6.84. The Morgan fingerprint density at radius 1 is 1.28 bits per heavy atom. The van der Waals surface area contributed by atoms with Gasteiger partial charge in [-0.25, -0.2) is 0 Å². The molecule has 0 aromatic heterocycles. The van der Waals surface area contributed by atoms with Crippen LogP contribution in [0, 0.1) is 22.7 Å². The Labute approximate surface area is 173 Å². The van der Waals surface area contributed by atoms with Gasteiger partial charge < -0.3 is 9.47 Å². The maximum atomic E-state index is 13.1. The minimum atomic E-state index is -0.606. The molecule has 5 nitrogen and oxygen atoms in total. The molecule has 0 saturated heterocycles. The molecule has 2 saturated carbocycles. The molecule has 3 rings (SSSR count). The average molecular weight is 401 g/mol. The number of hydrogen-bond acceptors (Lipinski definition) is 5. The summed E-state index contributed by atoms with van der Waals surface area (Å²) in [5, 5.41) is 0. The zero-order valence-corrected chi connectivity index (χ0v) is 18.2. The molecule has 29 heavy (non-hydrogen) atoms. The lowest BCUT2D eigenvalue weighted by atomic mass is 9.46. The molecule has 0 aliphatic heterocycles. The van der Waals surface area contributed by atoms with Crippen molar-refractivity contribution in [1.29, 1.82) is 0 Å². The number of ketones is 2. The molecule has 0 aromatic rings. The molecule has 0 heterocycles. The first-order valence-corrected chi connectivity index (χ1v) is 10.5. The summed E-state index contributed by atoms with van der Waals surface area (Å²) in [6.45, 7) is 12.4. The third kappa shape index (κ3) is 3.49. The molecule has 3 aliphatic carbocycles. The number of esters is 1. The number of hydrogen-bond donors (Lipinski definition) is 0. The summed E-state index contributed by atoms with van der Waals surface area (Å²) in [5.74, 6) is -0.885. The van der Waals surface area contributed by atoms with Crippen LogP contribution in [0.3, 0.4) is 0 Å². The van der Waals surface area contributed by atoms with Crippen LogP contribution in [0.1, 0.15) is 66.2 Å². The second-order valence-electron chi connectivity index (χ2n) is 9.40. The number of ether oxygens (including phenoxy) is 2. The first-order valence-electron chi connectivity index (χ1n) is 10.5. The molecule has 2 fully saturated rings. The van der Waals surface area contributed by atoms with Gasteiger partial charge in [0.1, 0.15) is 0 Å². The van der Waals surface area contributed by atoms with Gasteiger partial charge >= 0.3 is 5.97 Å². The Kier molecular flexibility index (Phi) is 5.63. The van der Waals surface area contributed by atoms with Crippen molar-refractivity contribution < 1.29 is 23.9 Å². The Bertz CT molecular complexity index is 832. The SMILES string of the molecule is C=C1CCC[C@H]2[C@](C)(CC3=C(OC(C)=O)C(=O)C=C(OC)C3=O)[C@@H](C)CC[C@@]12C. The number of allylic oxidation sites excluding steroid dienone is 3. The molecule has 5 heteroatoms. The Morgan fingerprint density at radius 2 is 1.97 bits per heavy atom. The second-order valence-corrected chi connectivity index (χ2v) is 9.40. The molecule has 0 aromatic carbocycles. The smallest absolute Gasteiger partial charge is 0.308 e. The third-order valence-corrected chi connectivity index (χ3v) is 7.85. The molecule has 158 valence electrons. The predicted octanol–water partition coefficient (Wildman–Crippen LogP) is 4.67. The molecule has 0 radical (unpaired) electrons. The number of Topliss-reactive ketones (excluding diaryl/α,β-unsaturated/α-hetero) is 1. The maximum Gasteiger partial charge on any atom is 0.308 e. The lowest BCUT2D eigenvalue weighted by molar-refractivity contribution is -0.140. The van der Waals surface area contributed by atoms with Crippen LogP contribution in [0.5, 0.6) is 0 Å². The summed E-state index contributed by atoms with van der Waals surface area (Å²) in [4.78, 5) is 37.4. The van der Waals surface area contributed by atoms with Gasteiger partial charge in [0.25, 0.3) is 0 Å². The highest BCUT2D eigenvalue weighted by Gasteiger charge is 2.55. The summed E-state index contributed by atoms with van der Waals surface area (Å²) in [6, 6.07) is 0. The highest BCUT2D eigenvalue weighted by molar-refractivity contribution is 6.21. The van der Waals surface area contributed by atoms with E-state index in [-0.39, 0.29) is 33.7 Å². The maximum absolute atomic E-state index is 13.1. The van der Waals surface area contributed by atoms with E-state index in [1.165, 1.54) is 19.6 Å². The van der Waals surface area contributed by atoms with E-state index >= 15 is 0 Å². The summed E-state index contributed by atoms with van der Waals surface area (Å²) in [5.41, 5.74) is 1.37. The molecule has 0 N–H and O–H groups in total. The van der Waals surface area contributed by atoms with E-state index in [0.29, 0.717) is 18.3 Å². The first kappa shape index (κ1) is 21.5. The van der Waals surface area contributed by atoms with Crippen molar-refractivity contribution in [3.8, 4) is 0 Å². The van der Waals surface area contributed by atoms with Crippen molar-refractivity contribution in [1.82, 2.24) is 0 Å². The molecular weight excluding hydrogens is 368 g/mol. The highest BCUT2D eigenvalue weighted by atomic mass is 16.5. The van der Waals surface area contributed by atoms with Gasteiger partial charge in [0, 0.05) is 13.0 Å². The quantitative estimate of drug-likeness (QED) is 0.389. The largest absolute Gasteiger partial charge is 0.493 e. The van der Waals surface area contributed by atoms with Gasteiger partial charge in [-0.05, 0) is 61.2 Å². The molecule has 4 atom stereocenters. The van der Waals surface area contributed by atoms with Gasteiger partial charge in [0.05, 0.1) is 12.7 Å². The van der Waals surface area contributed by atoms with E-state index in [9.17, 15) is 14.4 Å². The average Bonchev–Trinajstić information content (AvgIpc) is 2.66.